The molecule has 0 atom stereocenters. The van der Waals surface area contributed by atoms with Gasteiger partial charge in [0.1, 0.15) is 11.5 Å². The van der Waals surface area contributed by atoms with Crippen LogP contribution < -0.4 is 10.2 Å². The normalized spacial score (nSPS) is 15.4. The van der Waals surface area contributed by atoms with Crippen molar-refractivity contribution in [2.45, 2.75) is 31.0 Å². The second-order valence-corrected chi connectivity index (χ2v) is 7.69. The number of nitrogens with zero attached hydrogens (tertiary/aromatic N) is 5. The number of anilines is 1. The standard InChI is InChI=1S/C16H21BrN6OS/c1-10-8-13(22(2)21-10)15(24)19-11-4-6-23(7-5-11)14-12(17)9-18-16(20-14)25-3/h8-9,11H,4-7H2,1-3H3,(H,19,24). The van der Waals surface area contributed by atoms with Crippen LogP contribution in [0.25, 0.3) is 0 Å². The van der Waals surface area contributed by atoms with Crippen molar-refractivity contribution in [2.24, 2.45) is 7.05 Å². The van der Waals surface area contributed by atoms with Gasteiger partial charge in [0.05, 0.1) is 10.2 Å². The van der Waals surface area contributed by atoms with Crippen molar-refractivity contribution >= 4 is 39.4 Å². The number of thioether (sulfide) groups is 1. The number of piperidine rings is 1. The van der Waals surface area contributed by atoms with E-state index in [0.717, 1.165) is 47.1 Å². The van der Waals surface area contributed by atoms with Gasteiger partial charge in [0.25, 0.3) is 5.91 Å². The van der Waals surface area contributed by atoms with Crippen LogP contribution in [0.5, 0.6) is 0 Å². The van der Waals surface area contributed by atoms with Crippen LogP contribution in [0.15, 0.2) is 21.9 Å². The zero-order valence-corrected chi connectivity index (χ0v) is 16.9. The van der Waals surface area contributed by atoms with Crippen molar-refractivity contribution in [3.05, 3.63) is 28.1 Å². The monoisotopic (exact) mass is 424 g/mol. The number of hydrogen-bond acceptors (Lipinski definition) is 6. The van der Waals surface area contributed by atoms with Crippen LogP contribution in [0, 0.1) is 6.92 Å². The Bertz CT molecular complexity index is 772. The molecule has 0 aromatic carbocycles. The zero-order chi connectivity index (χ0) is 18.0. The number of halogens is 1. The molecule has 0 unspecified atom stereocenters. The van der Waals surface area contributed by atoms with E-state index in [2.05, 4.69) is 41.2 Å². The van der Waals surface area contributed by atoms with Gasteiger partial charge < -0.3 is 10.2 Å². The third kappa shape index (κ3) is 4.14. The first-order valence-corrected chi connectivity index (χ1v) is 10.1. The summed E-state index contributed by atoms with van der Waals surface area (Å²) in [5.74, 6) is 0.862. The molecule has 0 spiro atoms. The molecule has 2 aromatic heterocycles. The highest BCUT2D eigenvalue weighted by Gasteiger charge is 2.24. The third-order valence-corrected chi connectivity index (χ3v) is 5.37. The summed E-state index contributed by atoms with van der Waals surface area (Å²) in [7, 11) is 1.79. The molecular weight excluding hydrogens is 404 g/mol. The highest BCUT2D eigenvalue weighted by atomic mass is 79.9. The Balaban J connectivity index is 1.60. The molecule has 25 heavy (non-hydrogen) atoms. The van der Waals surface area contributed by atoms with Crippen LogP contribution >= 0.6 is 27.7 Å². The number of carbonyl (C=O) groups excluding carboxylic acids is 1. The van der Waals surface area contributed by atoms with Gasteiger partial charge in [-0.25, -0.2) is 9.97 Å². The molecular formula is C16H21BrN6OS. The molecule has 0 aliphatic carbocycles. The summed E-state index contributed by atoms with van der Waals surface area (Å²) >= 11 is 5.07. The number of aromatic nitrogens is 4. The molecule has 1 aliphatic heterocycles. The van der Waals surface area contributed by atoms with E-state index in [1.54, 1.807) is 17.9 Å². The molecule has 134 valence electrons. The van der Waals surface area contributed by atoms with Gasteiger partial charge in [0, 0.05) is 32.4 Å². The lowest BCUT2D eigenvalue weighted by molar-refractivity contribution is 0.0921. The molecule has 1 saturated heterocycles. The molecule has 2 aromatic rings. The molecule has 1 N–H and O–H groups in total. The summed E-state index contributed by atoms with van der Waals surface area (Å²) in [6.45, 7) is 3.58. The van der Waals surface area contributed by atoms with E-state index in [9.17, 15) is 4.79 Å². The molecule has 1 fully saturated rings. The van der Waals surface area contributed by atoms with E-state index >= 15 is 0 Å². The molecule has 0 radical (unpaired) electrons. The predicted octanol–water partition coefficient (Wildman–Crippen LogP) is 2.40. The Kier molecular flexibility index (Phi) is 5.63. The summed E-state index contributed by atoms with van der Waals surface area (Å²) < 4.78 is 2.53. The van der Waals surface area contributed by atoms with Crippen LogP contribution in [0.3, 0.4) is 0 Å². The summed E-state index contributed by atoms with van der Waals surface area (Å²) in [6, 6.07) is 1.98. The molecule has 3 heterocycles. The molecule has 1 amide bonds. The van der Waals surface area contributed by atoms with Crippen molar-refractivity contribution in [1.82, 2.24) is 25.1 Å². The number of aryl methyl sites for hydroxylation is 2. The smallest absolute Gasteiger partial charge is 0.269 e. The summed E-state index contributed by atoms with van der Waals surface area (Å²) in [5.41, 5.74) is 1.45. The van der Waals surface area contributed by atoms with Gasteiger partial charge in [-0.05, 0) is 48.0 Å². The highest BCUT2D eigenvalue weighted by molar-refractivity contribution is 9.10. The molecule has 7 nitrogen and oxygen atoms in total. The Hall–Kier alpha value is -1.61. The van der Waals surface area contributed by atoms with E-state index in [1.807, 2.05) is 19.2 Å². The van der Waals surface area contributed by atoms with Crippen LogP contribution in [0.4, 0.5) is 5.82 Å². The maximum Gasteiger partial charge on any atom is 0.269 e. The number of rotatable bonds is 4. The quantitative estimate of drug-likeness (QED) is 0.599. The second-order valence-electron chi connectivity index (χ2n) is 6.06. The maximum absolute atomic E-state index is 12.4. The lowest BCUT2D eigenvalue weighted by Gasteiger charge is -2.33. The summed E-state index contributed by atoms with van der Waals surface area (Å²) in [5, 5.41) is 8.12. The zero-order valence-electron chi connectivity index (χ0n) is 14.5. The van der Waals surface area contributed by atoms with Crippen molar-refractivity contribution in [1.29, 1.82) is 0 Å². The van der Waals surface area contributed by atoms with Crippen LogP contribution in [0.1, 0.15) is 29.0 Å². The summed E-state index contributed by atoms with van der Waals surface area (Å²) in [6.07, 6.45) is 5.53. The number of carbonyl (C=O) groups is 1. The largest absolute Gasteiger partial charge is 0.355 e. The van der Waals surface area contributed by atoms with Gasteiger partial charge >= 0.3 is 0 Å². The molecule has 0 bridgehead atoms. The van der Waals surface area contributed by atoms with E-state index in [0.29, 0.717) is 5.69 Å². The minimum absolute atomic E-state index is 0.0607. The van der Waals surface area contributed by atoms with Crippen LogP contribution in [-0.4, -0.2) is 51.0 Å². The topological polar surface area (TPSA) is 75.9 Å². The fourth-order valence-electron chi connectivity index (χ4n) is 2.98. The number of nitrogens with one attached hydrogen (secondary N) is 1. The summed E-state index contributed by atoms with van der Waals surface area (Å²) in [4.78, 5) is 23.5. The van der Waals surface area contributed by atoms with E-state index in [1.165, 1.54) is 11.8 Å². The Morgan fingerprint density at radius 1 is 1.40 bits per heavy atom. The van der Waals surface area contributed by atoms with E-state index in [-0.39, 0.29) is 11.9 Å². The van der Waals surface area contributed by atoms with Crippen molar-refractivity contribution in [3.63, 3.8) is 0 Å². The van der Waals surface area contributed by atoms with Crippen molar-refractivity contribution in [3.8, 4) is 0 Å². The third-order valence-electron chi connectivity index (χ3n) is 4.25. The Morgan fingerprint density at radius 2 is 2.12 bits per heavy atom. The van der Waals surface area contributed by atoms with Crippen molar-refractivity contribution in [2.75, 3.05) is 24.2 Å². The fraction of sp³-hybridized carbons (Fsp3) is 0.500. The molecule has 0 saturated carbocycles. The maximum atomic E-state index is 12.4. The van der Waals surface area contributed by atoms with Crippen LogP contribution in [0.2, 0.25) is 0 Å². The average molecular weight is 425 g/mol. The second kappa shape index (κ2) is 7.74. The first-order chi connectivity index (χ1) is 12.0. The van der Waals surface area contributed by atoms with Gasteiger partial charge in [-0.2, -0.15) is 5.10 Å². The predicted molar refractivity (Wildman–Crippen MR) is 102 cm³/mol. The van der Waals surface area contributed by atoms with Gasteiger partial charge in [0.2, 0.25) is 0 Å². The van der Waals surface area contributed by atoms with E-state index < -0.39 is 0 Å². The lowest BCUT2D eigenvalue weighted by atomic mass is 10.0. The van der Waals surface area contributed by atoms with Gasteiger partial charge in [0.15, 0.2) is 5.16 Å². The SMILES string of the molecule is CSc1ncc(Br)c(N2CCC(NC(=O)c3cc(C)nn3C)CC2)n1. The van der Waals surface area contributed by atoms with Gasteiger partial charge in [-0.1, -0.05) is 11.8 Å². The first-order valence-electron chi connectivity index (χ1n) is 8.11. The highest BCUT2D eigenvalue weighted by Crippen LogP contribution is 2.27. The number of amides is 1. The van der Waals surface area contributed by atoms with Gasteiger partial charge in [-0.15, -0.1) is 0 Å². The minimum atomic E-state index is -0.0607. The van der Waals surface area contributed by atoms with Gasteiger partial charge in [-0.3, -0.25) is 9.48 Å². The lowest BCUT2D eigenvalue weighted by Crippen LogP contribution is -2.45. The Labute approximate surface area is 159 Å². The Morgan fingerprint density at radius 3 is 2.72 bits per heavy atom. The molecule has 1 aliphatic rings. The molecule has 3 rings (SSSR count). The average Bonchev–Trinajstić information content (AvgIpc) is 2.95. The first kappa shape index (κ1) is 18.2. The number of hydrogen-bond donors (Lipinski definition) is 1. The minimum Gasteiger partial charge on any atom is -0.355 e. The van der Waals surface area contributed by atoms with E-state index in [4.69, 9.17) is 0 Å². The fourth-order valence-corrected chi connectivity index (χ4v) is 3.76. The van der Waals surface area contributed by atoms with Crippen molar-refractivity contribution < 1.29 is 4.79 Å². The van der Waals surface area contributed by atoms with Crippen LogP contribution in [-0.2, 0) is 7.05 Å². The molecule has 9 heteroatoms.